The number of hydrogen-bond donors (Lipinski definition) is 1. The molecule has 6 nitrogen and oxygen atoms in total. The van der Waals surface area contributed by atoms with Gasteiger partial charge in [-0.2, -0.15) is 5.26 Å². The van der Waals surface area contributed by atoms with Crippen LogP contribution in [0.5, 0.6) is 5.75 Å². The molecule has 0 unspecified atom stereocenters. The van der Waals surface area contributed by atoms with Crippen LogP contribution in [-0.4, -0.2) is 21.0 Å². The van der Waals surface area contributed by atoms with Crippen LogP contribution in [0.1, 0.15) is 27.2 Å². The van der Waals surface area contributed by atoms with Gasteiger partial charge in [-0.1, -0.05) is 12.1 Å². The van der Waals surface area contributed by atoms with Crippen LogP contribution in [0, 0.1) is 18.3 Å². The van der Waals surface area contributed by atoms with E-state index < -0.39 is 5.97 Å². The molecule has 0 aliphatic heterocycles. The maximum absolute atomic E-state index is 11.0. The molecule has 128 valence electrons. The van der Waals surface area contributed by atoms with E-state index in [1.807, 2.05) is 24.3 Å². The van der Waals surface area contributed by atoms with E-state index in [4.69, 9.17) is 15.1 Å². The van der Waals surface area contributed by atoms with Crippen molar-refractivity contribution in [2.24, 2.45) is 0 Å². The smallest absolute Gasteiger partial charge is 0.339 e. The summed E-state index contributed by atoms with van der Waals surface area (Å²) in [5, 5.41) is 18.0. The topological polar surface area (TPSA) is 96.1 Å². The highest BCUT2D eigenvalue weighted by atomic mass is 16.5. The van der Waals surface area contributed by atoms with Crippen LogP contribution < -0.4 is 4.74 Å². The number of aromatic nitrogens is 2. The molecule has 0 aliphatic rings. The molecule has 0 bridgehead atoms. The fourth-order valence-electron chi connectivity index (χ4n) is 2.41. The van der Waals surface area contributed by atoms with Gasteiger partial charge in [0.2, 0.25) is 0 Å². The fraction of sp³-hybridized carbons (Fsp3) is 0.100. The monoisotopic (exact) mass is 345 g/mol. The van der Waals surface area contributed by atoms with Gasteiger partial charge in [-0.05, 0) is 48.9 Å². The van der Waals surface area contributed by atoms with Crippen LogP contribution in [-0.2, 0) is 6.61 Å². The molecule has 0 atom stereocenters. The normalized spacial score (nSPS) is 10.2. The van der Waals surface area contributed by atoms with Gasteiger partial charge in [0.05, 0.1) is 22.9 Å². The second kappa shape index (κ2) is 7.45. The van der Waals surface area contributed by atoms with Crippen LogP contribution in [0.4, 0.5) is 0 Å². The molecular weight excluding hydrogens is 330 g/mol. The maximum Gasteiger partial charge on any atom is 0.339 e. The minimum Gasteiger partial charge on any atom is -0.489 e. The Labute approximate surface area is 150 Å². The number of carboxylic acid groups (broad SMARTS) is 1. The second-order valence-corrected chi connectivity index (χ2v) is 5.62. The first kappa shape index (κ1) is 17.1. The van der Waals surface area contributed by atoms with Crippen molar-refractivity contribution in [1.29, 1.82) is 5.26 Å². The zero-order chi connectivity index (χ0) is 18.5. The average Bonchev–Trinajstić information content (AvgIpc) is 2.66. The lowest BCUT2D eigenvalue weighted by Gasteiger charge is -2.08. The van der Waals surface area contributed by atoms with E-state index in [2.05, 4.69) is 16.0 Å². The third kappa shape index (κ3) is 3.84. The molecule has 0 fully saturated rings. The summed E-state index contributed by atoms with van der Waals surface area (Å²) in [6.45, 7) is 2.00. The summed E-state index contributed by atoms with van der Waals surface area (Å²) in [5.41, 5.74) is 2.78. The zero-order valence-electron chi connectivity index (χ0n) is 14.0. The summed E-state index contributed by atoms with van der Waals surface area (Å²) in [5.74, 6) is 0.0917. The highest BCUT2D eigenvalue weighted by Gasteiger charge is 2.11. The lowest BCUT2D eigenvalue weighted by Crippen LogP contribution is -2.04. The summed E-state index contributed by atoms with van der Waals surface area (Å²) in [6, 6.07) is 16.6. The zero-order valence-corrected chi connectivity index (χ0v) is 14.0. The standard InChI is InChI=1S/C20H15N3O3/c1-13-18(20(24)25)11-22-19(23-13)16-5-7-17(8-6-16)26-12-15-4-2-3-14(9-15)10-21/h2-9,11H,12H2,1H3,(H,24,25). The Morgan fingerprint density at radius 1 is 1.23 bits per heavy atom. The van der Waals surface area contributed by atoms with Gasteiger partial charge in [0.1, 0.15) is 12.4 Å². The SMILES string of the molecule is Cc1nc(-c2ccc(OCc3cccc(C#N)c3)cc2)ncc1C(=O)O. The minimum atomic E-state index is -1.04. The van der Waals surface area contributed by atoms with Gasteiger partial charge in [-0.3, -0.25) is 0 Å². The molecule has 0 saturated carbocycles. The van der Waals surface area contributed by atoms with Crippen molar-refractivity contribution in [2.75, 3.05) is 0 Å². The van der Waals surface area contributed by atoms with Crippen LogP contribution >= 0.6 is 0 Å². The van der Waals surface area contributed by atoms with E-state index in [0.717, 1.165) is 11.1 Å². The fourth-order valence-corrected chi connectivity index (χ4v) is 2.41. The first-order valence-corrected chi connectivity index (χ1v) is 7.86. The van der Waals surface area contributed by atoms with Gasteiger partial charge in [0.25, 0.3) is 0 Å². The Hall–Kier alpha value is -3.72. The van der Waals surface area contributed by atoms with E-state index in [1.165, 1.54) is 6.20 Å². The number of nitrogens with zero attached hydrogens (tertiary/aromatic N) is 3. The largest absolute Gasteiger partial charge is 0.489 e. The summed E-state index contributed by atoms with van der Waals surface area (Å²) in [7, 11) is 0. The number of hydrogen-bond acceptors (Lipinski definition) is 5. The molecular formula is C20H15N3O3. The number of carboxylic acids is 1. The molecule has 0 amide bonds. The van der Waals surface area contributed by atoms with Crippen molar-refractivity contribution >= 4 is 5.97 Å². The highest BCUT2D eigenvalue weighted by Crippen LogP contribution is 2.21. The van der Waals surface area contributed by atoms with Gasteiger partial charge < -0.3 is 9.84 Å². The number of rotatable bonds is 5. The van der Waals surface area contributed by atoms with Gasteiger partial charge in [-0.15, -0.1) is 0 Å². The van der Waals surface area contributed by atoms with Crippen molar-refractivity contribution in [3.05, 3.63) is 77.1 Å². The molecule has 6 heteroatoms. The molecule has 0 saturated heterocycles. The van der Waals surface area contributed by atoms with Crippen LogP contribution in [0.25, 0.3) is 11.4 Å². The Kier molecular flexibility index (Phi) is 4.90. The molecule has 3 rings (SSSR count). The van der Waals surface area contributed by atoms with Crippen molar-refractivity contribution < 1.29 is 14.6 Å². The molecule has 2 aromatic carbocycles. The van der Waals surface area contributed by atoms with E-state index >= 15 is 0 Å². The number of aryl methyl sites for hydroxylation is 1. The highest BCUT2D eigenvalue weighted by molar-refractivity contribution is 5.88. The first-order chi connectivity index (χ1) is 12.6. The van der Waals surface area contributed by atoms with E-state index in [1.54, 1.807) is 31.2 Å². The minimum absolute atomic E-state index is 0.0910. The van der Waals surface area contributed by atoms with Crippen LogP contribution in [0.3, 0.4) is 0 Å². The van der Waals surface area contributed by atoms with Crippen molar-refractivity contribution in [2.45, 2.75) is 13.5 Å². The number of ether oxygens (including phenoxy) is 1. The van der Waals surface area contributed by atoms with E-state index in [-0.39, 0.29) is 5.56 Å². The number of aromatic carboxylic acids is 1. The van der Waals surface area contributed by atoms with Gasteiger partial charge in [0.15, 0.2) is 5.82 Å². The van der Waals surface area contributed by atoms with Crippen LogP contribution in [0.15, 0.2) is 54.7 Å². The predicted molar refractivity (Wildman–Crippen MR) is 94.7 cm³/mol. The van der Waals surface area contributed by atoms with E-state index in [9.17, 15) is 4.79 Å². The maximum atomic E-state index is 11.0. The summed E-state index contributed by atoms with van der Waals surface area (Å²) >= 11 is 0. The van der Waals surface area contributed by atoms with Crippen molar-refractivity contribution in [3.8, 4) is 23.2 Å². The quantitative estimate of drug-likeness (QED) is 0.759. The molecule has 1 N–H and O–H groups in total. The number of carbonyl (C=O) groups is 1. The lowest BCUT2D eigenvalue weighted by atomic mass is 10.1. The third-order valence-electron chi connectivity index (χ3n) is 3.78. The average molecular weight is 345 g/mol. The predicted octanol–water partition coefficient (Wildman–Crippen LogP) is 3.60. The Bertz CT molecular complexity index is 992. The number of benzene rings is 2. The Morgan fingerprint density at radius 2 is 2.00 bits per heavy atom. The Morgan fingerprint density at radius 3 is 2.65 bits per heavy atom. The van der Waals surface area contributed by atoms with Crippen molar-refractivity contribution in [1.82, 2.24) is 9.97 Å². The number of nitriles is 1. The molecule has 1 aromatic heterocycles. The van der Waals surface area contributed by atoms with Gasteiger partial charge in [0, 0.05) is 11.8 Å². The molecule has 1 heterocycles. The Balaban J connectivity index is 1.71. The molecule has 3 aromatic rings. The first-order valence-electron chi connectivity index (χ1n) is 7.86. The van der Waals surface area contributed by atoms with Gasteiger partial charge in [-0.25, -0.2) is 14.8 Å². The molecule has 0 aliphatic carbocycles. The molecule has 26 heavy (non-hydrogen) atoms. The summed E-state index contributed by atoms with van der Waals surface area (Å²) in [4.78, 5) is 19.4. The van der Waals surface area contributed by atoms with Gasteiger partial charge >= 0.3 is 5.97 Å². The van der Waals surface area contributed by atoms with Crippen molar-refractivity contribution in [3.63, 3.8) is 0 Å². The van der Waals surface area contributed by atoms with Crippen LogP contribution in [0.2, 0.25) is 0 Å². The summed E-state index contributed by atoms with van der Waals surface area (Å²) < 4.78 is 5.73. The lowest BCUT2D eigenvalue weighted by molar-refractivity contribution is 0.0695. The van der Waals surface area contributed by atoms with E-state index in [0.29, 0.717) is 29.4 Å². The molecule has 0 radical (unpaired) electrons. The third-order valence-corrected chi connectivity index (χ3v) is 3.78. The summed E-state index contributed by atoms with van der Waals surface area (Å²) in [6.07, 6.45) is 1.31. The molecule has 0 spiro atoms. The second-order valence-electron chi connectivity index (χ2n) is 5.62.